The van der Waals surface area contributed by atoms with Crippen molar-refractivity contribution in [3.8, 4) is 5.75 Å². The molecule has 0 bridgehead atoms. The van der Waals surface area contributed by atoms with Crippen LogP contribution in [0.3, 0.4) is 0 Å². The van der Waals surface area contributed by atoms with Crippen molar-refractivity contribution in [1.29, 1.82) is 0 Å². The summed E-state index contributed by atoms with van der Waals surface area (Å²) in [6.45, 7) is -1.10. The number of methoxy groups -OCH3 is 1. The van der Waals surface area contributed by atoms with Gasteiger partial charge in [-0.3, -0.25) is 4.79 Å². The molecule has 1 aromatic rings. The van der Waals surface area contributed by atoms with Gasteiger partial charge >= 0.3 is 18.2 Å². The lowest BCUT2D eigenvalue weighted by Crippen LogP contribution is -2.42. The Kier molecular flexibility index (Phi) is 5.21. The number of ether oxygens (including phenoxy) is 1. The van der Waals surface area contributed by atoms with Gasteiger partial charge < -0.3 is 20.1 Å². The van der Waals surface area contributed by atoms with Crippen LogP contribution in [-0.2, 0) is 11.2 Å². The van der Waals surface area contributed by atoms with Gasteiger partial charge in [-0.1, -0.05) is 6.07 Å². The Morgan fingerprint density at radius 1 is 1.30 bits per heavy atom. The Labute approximate surface area is 154 Å². The molecule has 3 rings (SSSR count). The normalized spacial score (nSPS) is 25.0. The van der Waals surface area contributed by atoms with Crippen LogP contribution in [0, 0.1) is 11.8 Å². The summed E-state index contributed by atoms with van der Waals surface area (Å²) < 4.78 is 44.5. The average molecular weight is 386 g/mol. The van der Waals surface area contributed by atoms with E-state index in [1.165, 1.54) is 0 Å². The third kappa shape index (κ3) is 3.96. The number of nitrogens with zero attached hydrogens (tertiary/aromatic N) is 1. The molecule has 3 atom stereocenters. The highest BCUT2D eigenvalue weighted by molar-refractivity contribution is 5.78. The van der Waals surface area contributed by atoms with Gasteiger partial charge in [-0.15, -0.1) is 0 Å². The van der Waals surface area contributed by atoms with E-state index in [2.05, 4.69) is 5.32 Å². The molecule has 1 unspecified atom stereocenters. The number of nitrogens with one attached hydrogen (secondary N) is 1. The van der Waals surface area contributed by atoms with Crippen LogP contribution in [0.25, 0.3) is 0 Å². The van der Waals surface area contributed by atoms with Crippen molar-refractivity contribution in [1.82, 2.24) is 10.2 Å². The fourth-order valence-corrected chi connectivity index (χ4v) is 3.86. The summed E-state index contributed by atoms with van der Waals surface area (Å²) in [7, 11) is 1.56. The summed E-state index contributed by atoms with van der Waals surface area (Å²) in [5, 5.41) is 11.8. The first-order chi connectivity index (χ1) is 12.7. The number of amides is 2. The number of hydrogen-bond donors (Lipinski definition) is 2. The highest BCUT2D eigenvalue weighted by Gasteiger charge is 2.53. The highest BCUT2D eigenvalue weighted by atomic mass is 19.4. The van der Waals surface area contributed by atoms with Gasteiger partial charge in [0.05, 0.1) is 25.0 Å². The van der Waals surface area contributed by atoms with Crippen molar-refractivity contribution in [2.45, 2.75) is 31.5 Å². The Balaban J connectivity index is 1.73. The number of carbonyl (C=O) groups excluding carboxylic acids is 1. The molecule has 1 heterocycles. The molecule has 1 saturated heterocycles. The van der Waals surface area contributed by atoms with E-state index in [-0.39, 0.29) is 6.04 Å². The maximum atomic E-state index is 13.1. The number of fused-ring (bicyclic) bond motifs is 1. The average Bonchev–Trinajstić information content (AvgIpc) is 3.08. The van der Waals surface area contributed by atoms with Gasteiger partial charge in [0.2, 0.25) is 0 Å². The first-order valence-corrected chi connectivity index (χ1v) is 8.72. The largest absolute Gasteiger partial charge is 0.497 e. The number of halogens is 3. The van der Waals surface area contributed by atoms with Crippen molar-refractivity contribution in [2.75, 3.05) is 20.2 Å². The molecule has 9 heteroatoms. The fourth-order valence-electron chi connectivity index (χ4n) is 3.86. The first-order valence-electron chi connectivity index (χ1n) is 8.72. The van der Waals surface area contributed by atoms with E-state index in [0.29, 0.717) is 12.2 Å². The molecule has 2 aliphatic rings. The van der Waals surface area contributed by atoms with E-state index < -0.39 is 43.1 Å². The number of aryl methyl sites for hydroxylation is 1. The van der Waals surface area contributed by atoms with Crippen LogP contribution in [0.15, 0.2) is 18.2 Å². The van der Waals surface area contributed by atoms with E-state index in [4.69, 9.17) is 9.84 Å². The van der Waals surface area contributed by atoms with Crippen LogP contribution in [0.5, 0.6) is 5.75 Å². The van der Waals surface area contributed by atoms with Gasteiger partial charge in [0.15, 0.2) is 0 Å². The SMILES string of the molecule is COc1ccc2c(c1)CCCC2NC(=O)N1C[C@@H](C(F)(F)F)[C@H](C(=O)O)C1. The Morgan fingerprint density at radius 3 is 2.63 bits per heavy atom. The molecule has 0 spiro atoms. The van der Waals surface area contributed by atoms with E-state index in [9.17, 15) is 22.8 Å². The zero-order chi connectivity index (χ0) is 19.8. The molecule has 27 heavy (non-hydrogen) atoms. The number of urea groups is 1. The van der Waals surface area contributed by atoms with Gasteiger partial charge in [0, 0.05) is 13.1 Å². The van der Waals surface area contributed by atoms with E-state index in [1.807, 2.05) is 12.1 Å². The summed E-state index contributed by atoms with van der Waals surface area (Å²) in [6, 6.07) is 4.53. The standard InChI is InChI=1S/C18H21F3N2O4/c1-27-11-5-6-12-10(7-11)3-2-4-15(12)22-17(26)23-8-13(16(24)25)14(9-23)18(19,20)21/h5-7,13-15H,2-4,8-9H2,1H3,(H,22,26)(H,24,25)/t13-,14-,15?/m1/s1. The second-order valence-electron chi connectivity index (χ2n) is 6.96. The van der Waals surface area contributed by atoms with Crippen molar-refractivity contribution in [2.24, 2.45) is 11.8 Å². The topological polar surface area (TPSA) is 78.9 Å². The minimum atomic E-state index is -4.66. The van der Waals surface area contributed by atoms with Crippen molar-refractivity contribution in [3.05, 3.63) is 29.3 Å². The van der Waals surface area contributed by atoms with E-state index in [0.717, 1.165) is 28.9 Å². The number of benzene rings is 1. The summed E-state index contributed by atoms with van der Waals surface area (Å²) >= 11 is 0. The molecule has 1 aliphatic heterocycles. The Morgan fingerprint density at radius 2 is 2.04 bits per heavy atom. The smallest absolute Gasteiger partial charge is 0.394 e. The van der Waals surface area contributed by atoms with Crippen LogP contribution in [0.2, 0.25) is 0 Å². The third-order valence-corrected chi connectivity index (χ3v) is 5.31. The number of alkyl halides is 3. The highest BCUT2D eigenvalue weighted by Crippen LogP contribution is 2.38. The van der Waals surface area contributed by atoms with Gasteiger partial charge in [0.25, 0.3) is 0 Å². The second kappa shape index (κ2) is 7.28. The lowest BCUT2D eigenvalue weighted by Gasteiger charge is -2.29. The van der Waals surface area contributed by atoms with Gasteiger partial charge in [-0.2, -0.15) is 13.2 Å². The predicted molar refractivity (Wildman–Crippen MR) is 89.4 cm³/mol. The molecule has 1 fully saturated rings. The van der Waals surface area contributed by atoms with Gasteiger partial charge in [-0.25, -0.2) is 4.79 Å². The van der Waals surface area contributed by atoms with Crippen molar-refractivity contribution < 1.29 is 32.6 Å². The minimum Gasteiger partial charge on any atom is -0.497 e. The molecule has 2 N–H and O–H groups in total. The summed E-state index contributed by atoms with van der Waals surface area (Å²) in [4.78, 5) is 24.6. The van der Waals surface area contributed by atoms with Gasteiger partial charge in [0.1, 0.15) is 5.75 Å². The molecule has 2 amide bonds. The molecule has 148 valence electrons. The number of likely N-dealkylation sites (tertiary alicyclic amines) is 1. The van der Waals surface area contributed by atoms with Crippen LogP contribution >= 0.6 is 0 Å². The Hall–Kier alpha value is -2.45. The lowest BCUT2D eigenvalue weighted by molar-refractivity contribution is -0.187. The number of rotatable bonds is 3. The molecular formula is C18H21F3N2O4. The maximum absolute atomic E-state index is 13.1. The van der Waals surface area contributed by atoms with Crippen molar-refractivity contribution in [3.63, 3.8) is 0 Å². The number of hydrogen-bond acceptors (Lipinski definition) is 3. The number of carbonyl (C=O) groups is 2. The third-order valence-electron chi connectivity index (χ3n) is 5.31. The molecular weight excluding hydrogens is 365 g/mol. The minimum absolute atomic E-state index is 0.319. The van der Waals surface area contributed by atoms with Crippen LogP contribution in [-0.4, -0.2) is 48.4 Å². The molecule has 6 nitrogen and oxygen atoms in total. The zero-order valence-corrected chi connectivity index (χ0v) is 14.8. The summed E-state index contributed by atoms with van der Waals surface area (Å²) in [5.74, 6) is -4.53. The van der Waals surface area contributed by atoms with Gasteiger partial charge in [-0.05, 0) is 42.5 Å². The van der Waals surface area contributed by atoms with E-state index in [1.54, 1.807) is 13.2 Å². The molecule has 1 aliphatic carbocycles. The predicted octanol–water partition coefficient (Wildman–Crippen LogP) is 2.98. The Bertz CT molecular complexity index is 738. The van der Waals surface area contributed by atoms with Crippen molar-refractivity contribution >= 4 is 12.0 Å². The second-order valence-corrected chi connectivity index (χ2v) is 6.96. The van der Waals surface area contributed by atoms with E-state index >= 15 is 0 Å². The van der Waals surface area contributed by atoms with Crippen LogP contribution < -0.4 is 10.1 Å². The number of carboxylic acids is 1. The number of carboxylic acid groups (broad SMARTS) is 1. The molecule has 0 aromatic heterocycles. The zero-order valence-electron chi connectivity index (χ0n) is 14.8. The molecule has 0 radical (unpaired) electrons. The van der Waals surface area contributed by atoms with Crippen LogP contribution in [0.1, 0.15) is 30.0 Å². The maximum Gasteiger partial charge on any atom is 0.394 e. The number of aliphatic carboxylic acids is 1. The lowest BCUT2D eigenvalue weighted by atomic mass is 9.87. The first kappa shape index (κ1) is 19.3. The summed E-state index contributed by atoms with van der Waals surface area (Å²) in [6.07, 6.45) is -2.33. The van der Waals surface area contributed by atoms with Crippen LogP contribution in [0.4, 0.5) is 18.0 Å². The molecule has 0 saturated carbocycles. The summed E-state index contributed by atoms with van der Waals surface area (Å²) in [5.41, 5.74) is 1.95. The molecule has 1 aromatic carbocycles. The quantitative estimate of drug-likeness (QED) is 0.837. The monoisotopic (exact) mass is 386 g/mol. The fraction of sp³-hybridized carbons (Fsp3) is 0.556.